The van der Waals surface area contributed by atoms with Crippen LogP contribution in [0.2, 0.25) is 0 Å². The number of hydrogen-bond acceptors (Lipinski definition) is 4. The number of benzene rings is 1. The van der Waals surface area contributed by atoms with Gasteiger partial charge in [-0.05, 0) is 30.3 Å². The minimum atomic E-state index is -2.16. The van der Waals surface area contributed by atoms with Crippen molar-refractivity contribution in [1.82, 2.24) is 4.90 Å². The first-order valence-electron chi connectivity index (χ1n) is 6.78. The number of amides is 2. The van der Waals surface area contributed by atoms with Crippen LogP contribution in [0, 0.1) is 0 Å². The molecule has 1 aromatic rings. The van der Waals surface area contributed by atoms with E-state index in [1.165, 1.54) is 9.60 Å². The standard InChI is InChI=1S/C15H17NO3S2/c1-2-21(19,11-20)10-6-5-9-16-14(17)12-7-3-4-8-13(12)15(16)18/h3-4,7-8,10-11H,2,5-6,9H2,1H3. The van der Waals surface area contributed by atoms with Gasteiger partial charge in [0.25, 0.3) is 11.8 Å². The molecule has 0 aromatic heterocycles. The SMILES string of the molecule is CCS(=O)(C=S)=CCCCN1C(=O)c2ccccc2C1=O. The van der Waals surface area contributed by atoms with Crippen molar-refractivity contribution >= 4 is 43.6 Å². The zero-order valence-electron chi connectivity index (χ0n) is 11.8. The molecule has 0 N–H and O–H groups in total. The summed E-state index contributed by atoms with van der Waals surface area (Å²) in [5, 5.41) is 1.71. The second kappa shape index (κ2) is 6.49. The molecule has 0 radical (unpaired) electrons. The Morgan fingerprint density at radius 1 is 1.19 bits per heavy atom. The van der Waals surface area contributed by atoms with E-state index in [-0.39, 0.29) is 11.8 Å². The van der Waals surface area contributed by atoms with E-state index >= 15 is 0 Å². The smallest absolute Gasteiger partial charge is 0.261 e. The average Bonchev–Trinajstić information content (AvgIpc) is 2.76. The van der Waals surface area contributed by atoms with Crippen LogP contribution in [0.25, 0.3) is 0 Å². The summed E-state index contributed by atoms with van der Waals surface area (Å²) in [5.41, 5.74) is 0.922. The third-order valence-electron chi connectivity index (χ3n) is 3.48. The van der Waals surface area contributed by atoms with E-state index in [2.05, 4.69) is 0 Å². The molecule has 0 fully saturated rings. The number of carbonyl (C=O) groups excluding carboxylic acids is 2. The maximum absolute atomic E-state index is 12.1. The van der Waals surface area contributed by atoms with E-state index in [1.807, 2.05) is 6.92 Å². The third kappa shape index (κ3) is 3.22. The largest absolute Gasteiger partial charge is 0.274 e. The van der Waals surface area contributed by atoms with Crippen LogP contribution in [-0.2, 0) is 9.52 Å². The Balaban J connectivity index is 2.01. The van der Waals surface area contributed by atoms with Gasteiger partial charge >= 0.3 is 0 Å². The number of imide groups is 1. The van der Waals surface area contributed by atoms with Crippen LogP contribution in [-0.4, -0.2) is 43.3 Å². The number of unbranched alkanes of at least 4 members (excludes halogenated alkanes) is 1. The van der Waals surface area contributed by atoms with Crippen molar-refractivity contribution in [3.63, 3.8) is 0 Å². The Labute approximate surface area is 130 Å². The van der Waals surface area contributed by atoms with Crippen molar-refractivity contribution in [2.75, 3.05) is 12.3 Å². The van der Waals surface area contributed by atoms with E-state index in [0.29, 0.717) is 36.3 Å². The molecule has 4 nitrogen and oxygen atoms in total. The van der Waals surface area contributed by atoms with E-state index in [9.17, 15) is 13.8 Å². The molecule has 1 atom stereocenters. The van der Waals surface area contributed by atoms with Gasteiger partial charge in [0.05, 0.1) is 15.8 Å². The van der Waals surface area contributed by atoms with Crippen molar-refractivity contribution in [3.8, 4) is 0 Å². The Bertz CT molecular complexity index is 668. The van der Waals surface area contributed by atoms with Crippen LogP contribution in [0.3, 0.4) is 0 Å². The summed E-state index contributed by atoms with van der Waals surface area (Å²) in [6.45, 7) is 2.16. The highest BCUT2D eigenvalue weighted by Crippen LogP contribution is 2.22. The molecule has 1 aromatic carbocycles. The number of thiocarbonyl (C=S) groups is 1. The predicted octanol–water partition coefficient (Wildman–Crippen LogP) is 2.13. The molecule has 0 bridgehead atoms. The second-order valence-electron chi connectivity index (χ2n) is 4.78. The Hall–Kier alpha value is -1.53. The van der Waals surface area contributed by atoms with Crippen LogP contribution >= 0.6 is 12.2 Å². The third-order valence-corrected chi connectivity index (χ3v) is 6.48. The summed E-state index contributed by atoms with van der Waals surface area (Å²) in [7, 11) is -2.16. The molecule has 0 aliphatic carbocycles. The summed E-state index contributed by atoms with van der Waals surface area (Å²) < 4.78 is 13.4. The summed E-state index contributed by atoms with van der Waals surface area (Å²) in [6.07, 6.45) is 1.15. The number of nitrogens with zero attached hydrogens (tertiary/aromatic N) is 1. The molecule has 0 spiro atoms. The summed E-state index contributed by atoms with van der Waals surface area (Å²) in [6, 6.07) is 6.82. The first kappa shape index (κ1) is 15.9. The monoisotopic (exact) mass is 323 g/mol. The van der Waals surface area contributed by atoms with Gasteiger partial charge in [0.1, 0.15) is 0 Å². The van der Waals surface area contributed by atoms with Crippen LogP contribution in [0.4, 0.5) is 0 Å². The van der Waals surface area contributed by atoms with Gasteiger partial charge in [-0.2, -0.15) is 0 Å². The predicted molar refractivity (Wildman–Crippen MR) is 89.4 cm³/mol. The molecular formula is C15H17NO3S2. The Morgan fingerprint density at radius 2 is 1.76 bits per heavy atom. The molecule has 1 aliphatic rings. The first-order valence-corrected chi connectivity index (χ1v) is 9.10. The van der Waals surface area contributed by atoms with Gasteiger partial charge in [0.15, 0.2) is 0 Å². The van der Waals surface area contributed by atoms with Gasteiger partial charge in [-0.3, -0.25) is 18.7 Å². The summed E-state index contributed by atoms with van der Waals surface area (Å²) in [5.74, 6) is -0.00733. The van der Waals surface area contributed by atoms with E-state index < -0.39 is 9.52 Å². The first-order chi connectivity index (χ1) is 10.0. The summed E-state index contributed by atoms with van der Waals surface area (Å²) >= 11 is 4.78. The molecule has 1 unspecified atom stereocenters. The molecule has 2 amide bonds. The molecule has 21 heavy (non-hydrogen) atoms. The van der Waals surface area contributed by atoms with Crippen molar-refractivity contribution in [3.05, 3.63) is 35.4 Å². The molecular weight excluding hydrogens is 306 g/mol. The lowest BCUT2D eigenvalue weighted by Gasteiger charge is -2.12. The zero-order valence-corrected chi connectivity index (χ0v) is 13.4. The molecule has 2 rings (SSSR count). The van der Waals surface area contributed by atoms with Crippen molar-refractivity contribution in [1.29, 1.82) is 0 Å². The number of rotatable bonds is 6. The summed E-state index contributed by atoms with van der Waals surface area (Å²) in [4.78, 5) is 25.5. The van der Waals surface area contributed by atoms with Crippen molar-refractivity contribution < 1.29 is 13.8 Å². The highest BCUT2D eigenvalue weighted by molar-refractivity contribution is 8.21. The molecule has 112 valence electrons. The fourth-order valence-electron chi connectivity index (χ4n) is 2.20. The van der Waals surface area contributed by atoms with Gasteiger partial charge < -0.3 is 0 Å². The van der Waals surface area contributed by atoms with Gasteiger partial charge in [-0.1, -0.05) is 31.3 Å². The van der Waals surface area contributed by atoms with Crippen molar-refractivity contribution in [2.45, 2.75) is 19.8 Å². The van der Waals surface area contributed by atoms with Crippen molar-refractivity contribution in [2.24, 2.45) is 0 Å². The number of fused-ring (bicyclic) bond motifs is 1. The molecule has 0 saturated carbocycles. The topological polar surface area (TPSA) is 54.5 Å². The normalized spacial score (nSPS) is 16.5. The molecule has 1 aliphatic heterocycles. The minimum Gasteiger partial charge on any atom is -0.274 e. The average molecular weight is 323 g/mol. The van der Waals surface area contributed by atoms with Crippen LogP contribution in [0.1, 0.15) is 40.5 Å². The van der Waals surface area contributed by atoms with Gasteiger partial charge in [0.2, 0.25) is 0 Å². The zero-order chi connectivity index (χ0) is 15.5. The highest BCUT2D eigenvalue weighted by Gasteiger charge is 2.34. The van der Waals surface area contributed by atoms with Gasteiger partial charge in [0, 0.05) is 21.8 Å². The number of hydrogen-bond donors (Lipinski definition) is 0. The maximum atomic E-state index is 12.1. The van der Waals surface area contributed by atoms with E-state index in [4.69, 9.17) is 12.2 Å². The molecule has 1 heterocycles. The van der Waals surface area contributed by atoms with Crippen LogP contribution in [0.5, 0.6) is 0 Å². The minimum absolute atomic E-state index is 0.248. The maximum Gasteiger partial charge on any atom is 0.261 e. The van der Waals surface area contributed by atoms with Crippen LogP contribution in [0.15, 0.2) is 24.3 Å². The second-order valence-corrected chi connectivity index (χ2v) is 8.02. The van der Waals surface area contributed by atoms with Gasteiger partial charge in [-0.15, -0.1) is 0 Å². The lowest BCUT2D eigenvalue weighted by atomic mass is 10.1. The number of carbonyl (C=O) groups is 2. The fourth-order valence-corrected chi connectivity index (χ4v) is 3.86. The molecule has 0 saturated heterocycles. The highest BCUT2D eigenvalue weighted by atomic mass is 32.2. The van der Waals surface area contributed by atoms with E-state index in [0.717, 1.165) is 0 Å². The van der Waals surface area contributed by atoms with Gasteiger partial charge in [-0.25, -0.2) is 0 Å². The lowest BCUT2D eigenvalue weighted by molar-refractivity contribution is 0.0653. The lowest BCUT2D eigenvalue weighted by Crippen LogP contribution is -2.30. The van der Waals surface area contributed by atoms with Crippen LogP contribution < -0.4 is 0 Å². The molecule has 6 heteroatoms. The Morgan fingerprint density at radius 3 is 2.24 bits per heavy atom. The Kier molecular flexibility index (Phi) is 4.90. The fraction of sp³-hybridized carbons (Fsp3) is 0.333. The quantitative estimate of drug-likeness (QED) is 0.457. The van der Waals surface area contributed by atoms with E-state index in [1.54, 1.807) is 29.6 Å².